The van der Waals surface area contributed by atoms with Gasteiger partial charge in [0.2, 0.25) is 11.6 Å². The smallest absolute Gasteiger partial charge is 0.225 e. The Kier molecular flexibility index (Phi) is 9.49. The summed E-state index contributed by atoms with van der Waals surface area (Å²) in [6.07, 6.45) is 10.9. The molecule has 14 heteroatoms. The predicted octanol–water partition coefficient (Wildman–Crippen LogP) is 2.25. The molecule has 13 nitrogen and oxygen atoms in total. The molecule has 5 rings (SSSR count). The lowest BCUT2D eigenvalue weighted by Crippen LogP contribution is -2.45. The molecule has 1 atom stereocenters. The van der Waals surface area contributed by atoms with Crippen molar-refractivity contribution in [3.63, 3.8) is 0 Å². The van der Waals surface area contributed by atoms with E-state index >= 15 is 0 Å². The summed E-state index contributed by atoms with van der Waals surface area (Å²) in [5, 5.41) is 24.3. The first-order valence-electron chi connectivity index (χ1n) is 13.8. The van der Waals surface area contributed by atoms with Gasteiger partial charge in [-0.25, -0.2) is 24.6 Å². The summed E-state index contributed by atoms with van der Waals surface area (Å²) in [5.74, 6) is 0.648. The number of aromatic nitrogens is 7. The van der Waals surface area contributed by atoms with Gasteiger partial charge in [-0.05, 0) is 32.3 Å². The van der Waals surface area contributed by atoms with Crippen LogP contribution >= 0.6 is 11.6 Å². The van der Waals surface area contributed by atoms with Gasteiger partial charge in [0.1, 0.15) is 5.69 Å². The molecule has 2 saturated heterocycles. The second-order valence-electron chi connectivity index (χ2n) is 10.2. The number of piperidine rings is 1. The number of hydrogen-bond donors (Lipinski definition) is 1. The maximum atomic E-state index is 9.19. The van der Waals surface area contributed by atoms with Crippen molar-refractivity contribution in [2.75, 3.05) is 50.8 Å². The zero-order valence-corrected chi connectivity index (χ0v) is 24.2. The van der Waals surface area contributed by atoms with Crippen LogP contribution in [0.2, 0.25) is 0 Å². The highest BCUT2D eigenvalue weighted by Crippen LogP contribution is 2.22. The minimum absolute atomic E-state index is 0.155. The van der Waals surface area contributed by atoms with Crippen LogP contribution in [0.25, 0.3) is 21.9 Å². The number of ether oxygens (including phenoxy) is 1. The fourth-order valence-corrected chi connectivity index (χ4v) is 5.21. The van der Waals surface area contributed by atoms with E-state index in [2.05, 4.69) is 51.9 Å². The topological polar surface area (TPSA) is 134 Å². The summed E-state index contributed by atoms with van der Waals surface area (Å²) >= 11 is 6.24. The summed E-state index contributed by atoms with van der Waals surface area (Å²) < 4.78 is 7.73. The number of anilines is 1. The van der Waals surface area contributed by atoms with Crippen LogP contribution in [-0.2, 0) is 11.3 Å². The second-order valence-corrected chi connectivity index (χ2v) is 10.6. The van der Waals surface area contributed by atoms with Crippen LogP contribution < -0.4 is 4.90 Å². The van der Waals surface area contributed by atoms with Gasteiger partial charge in [-0.2, -0.15) is 5.10 Å². The van der Waals surface area contributed by atoms with Gasteiger partial charge in [0, 0.05) is 63.6 Å². The number of aliphatic hydroxyl groups excluding tert-OH is 1. The molecule has 3 aromatic rings. The van der Waals surface area contributed by atoms with Crippen LogP contribution in [-0.4, -0.2) is 115 Å². The monoisotopic (exact) mass is 581 g/mol. The van der Waals surface area contributed by atoms with Crippen LogP contribution in [0.4, 0.5) is 5.95 Å². The zero-order valence-electron chi connectivity index (χ0n) is 23.5. The molecule has 5 heterocycles. The van der Waals surface area contributed by atoms with E-state index in [0.717, 1.165) is 43.6 Å². The molecule has 3 aromatic heterocycles. The van der Waals surface area contributed by atoms with E-state index in [4.69, 9.17) is 16.3 Å². The second kappa shape index (κ2) is 13.4. The lowest BCUT2D eigenvalue weighted by Gasteiger charge is -2.35. The van der Waals surface area contributed by atoms with Gasteiger partial charge in [-0.15, -0.1) is 5.10 Å². The van der Waals surface area contributed by atoms with Gasteiger partial charge < -0.3 is 19.6 Å². The Labute approximate surface area is 244 Å². The number of hydrogen-bond acceptors (Lipinski definition) is 12. The van der Waals surface area contributed by atoms with Gasteiger partial charge in [-0.3, -0.25) is 5.01 Å². The number of aliphatic hydroxyl groups is 1. The predicted molar refractivity (Wildman–Crippen MR) is 158 cm³/mol. The maximum absolute atomic E-state index is 9.19. The fraction of sp³-hybridized carbons (Fsp3) is 0.519. The largest absolute Gasteiger partial charge is 0.395 e. The summed E-state index contributed by atoms with van der Waals surface area (Å²) in [7, 11) is 0. The number of nitrogens with zero attached hydrogens (tertiary/aromatic N) is 11. The van der Waals surface area contributed by atoms with Crippen molar-refractivity contribution in [1.82, 2.24) is 44.8 Å². The summed E-state index contributed by atoms with van der Waals surface area (Å²) in [4.78, 5) is 22.6. The molecule has 41 heavy (non-hydrogen) atoms. The van der Waals surface area contributed by atoms with Gasteiger partial charge >= 0.3 is 0 Å². The van der Waals surface area contributed by atoms with Crippen LogP contribution in [0.15, 0.2) is 36.0 Å². The van der Waals surface area contributed by atoms with Crippen LogP contribution in [0, 0.1) is 0 Å². The standard InChI is InChI=1S/C27H36ClN11O2/c1-4-23(28)24-15-30-25-26(33-24)39(35-34-25)18-22-17-37(10-12-41-22)27-31-13-20(14-32-27)19(2)16-38(29-3)21-5-7-36(8-6-21)9-11-40/h4,13-16,21-22,40H,3,5-12,17-18H2,1-2H3/b19-16+,23-4-/t22-/m0/s1. The number of rotatable bonds is 10. The molecule has 0 aromatic carbocycles. The quantitative estimate of drug-likeness (QED) is 0.279. The van der Waals surface area contributed by atoms with Gasteiger partial charge in [-0.1, -0.05) is 22.9 Å². The Morgan fingerprint density at radius 3 is 2.71 bits per heavy atom. The fourth-order valence-electron chi connectivity index (χ4n) is 5.12. The van der Waals surface area contributed by atoms with Crippen molar-refractivity contribution in [3.8, 4) is 0 Å². The number of likely N-dealkylation sites (tertiary alicyclic amines) is 1. The van der Waals surface area contributed by atoms with E-state index in [0.29, 0.717) is 54.2 Å². The minimum atomic E-state index is -0.155. The number of fused-ring (bicyclic) bond motifs is 1. The molecule has 2 aliphatic rings. The average molecular weight is 582 g/mol. The molecule has 0 saturated carbocycles. The first-order valence-corrected chi connectivity index (χ1v) is 14.2. The molecule has 218 valence electrons. The van der Waals surface area contributed by atoms with Gasteiger partial charge in [0.05, 0.1) is 43.1 Å². The Hall–Kier alpha value is -3.52. The zero-order chi connectivity index (χ0) is 28.8. The average Bonchev–Trinajstić information content (AvgIpc) is 3.42. The molecule has 1 N–H and O–H groups in total. The Morgan fingerprint density at radius 1 is 1.22 bits per heavy atom. The highest BCUT2D eigenvalue weighted by molar-refractivity contribution is 6.48. The molecule has 0 aliphatic carbocycles. The summed E-state index contributed by atoms with van der Waals surface area (Å²) in [6, 6.07) is 0.280. The van der Waals surface area contributed by atoms with E-state index in [1.807, 2.05) is 37.5 Å². The van der Waals surface area contributed by atoms with E-state index in [1.165, 1.54) is 0 Å². The minimum Gasteiger partial charge on any atom is -0.395 e. The number of hydrazone groups is 1. The van der Waals surface area contributed by atoms with Crippen molar-refractivity contribution in [2.45, 2.75) is 45.4 Å². The number of halogens is 1. The van der Waals surface area contributed by atoms with Crippen molar-refractivity contribution in [3.05, 3.63) is 42.1 Å². The number of morpholine rings is 1. The van der Waals surface area contributed by atoms with Crippen molar-refractivity contribution in [1.29, 1.82) is 0 Å². The molecular formula is C27H36ClN11O2. The Bertz CT molecular complexity index is 1390. The third kappa shape index (κ3) is 6.87. The lowest BCUT2D eigenvalue weighted by atomic mass is 10.0. The van der Waals surface area contributed by atoms with Crippen molar-refractivity contribution < 1.29 is 9.84 Å². The Morgan fingerprint density at radius 2 is 2.00 bits per heavy atom. The van der Waals surface area contributed by atoms with Crippen LogP contribution in [0.1, 0.15) is 37.9 Å². The molecule has 0 spiro atoms. The lowest BCUT2D eigenvalue weighted by molar-refractivity contribution is 0.0272. The highest BCUT2D eigenvalue weighted by atomic mass is 35.5. The summed E-state index contributed by atoms with van der Waals surface area (Å²) in [5.41, 5.74) is 3.53. The molecule has 0 radical (unpaired) electrons. The normalized spacial score (nSPS) is 19.6. The first kappa shape index (κ1) is 29.0. The first-order chi connectivity index (χ1) is 20.0. The summed E-state index contributed by atoms with van der Waals surface area (Å²) in [6.45, 7) is 12.7. The van der Waals surface area contributed by atoms with E-state index in [9.17, 15) is 5.11 Å². The maximum Gasteiger partial charge on any atom is 0.225 e. The van der Waals surface area contributed by atoms with Gasteiger partial charge in [0.15, 0.2) is 5.65 Å². The van der Waals surface area contributed by atoms with E-state index in [1.54, 1.807) is 17.0 Å². The SMILES string of the molecule is C=NN(/C=C(\C)c1cnc(N2CCO[C@H](Cn3nnc4ncc(/C(Cl)=C/C)nc43)C2)nc1)C1CCN(CCO)CC1. The van der Waals surface area contributed by atoms with Crippen molar-refractivity contribution >= 4 is 46.2 Å². The van der Waals surface area contributed by atoms with Crippen LogP contribution in [0.3, 0.4) is 0 Å². The van der Waals surface area contributed by atoms with Crippen molar-refractivity contribution in [2.24, 2.45) is 5.10 Å². The van der Waals surface area contributed by atoms with E-state index < -0.39 is 0 Å². The highest BCUT2D eigenvalue weighted by Gasteiger charge is 2.25. The number of β-amino-alcohol motifs (C(OH)–C–C–N with tert-alkyl or cyclic N) is 1. The Balaban J connectivity index is 1.22. The molecule has 0 bridgehead atoms. The third-order valence-corrected chi connectivity index (χ3v) is 7.87. The molecule has 0 amide bonds. The van der Waals surface area contributed by atoms with E-state index in [-0.39, 0.29) is 18.8 Å². The molecular weight excluding hydrogens is 546 g/mol. The molecule has 2 aliphatic heterocycles. The molecule has 0 unspecified atom stereocenters. The number of allylic oxidation sites excluding steroid dienone is 2. The third-order valence-electron chi connectivity index (χ3n) is 7.45. The van der Waals surface area contributed by atoms with Crippen LogP contribution in [0.5, 0.6) is 0 Å². The van der Waals surface area contributed by atoms with Gasteiger partial charge in [0.25, 0.3) is 0 Å². The molecule has 2 fully saturated rings.